The Morgan fingerprint density at radius 1 is 0.944 bits per heavy atom. The molecule has 0 atom stereocenters. The quantitative estimate of drug-likeness (QED) is 0.780. The van der Waals surface area contributed by atoms with Crippen LogP contribution in [0.15, 0.2) is 59.3 Å². The molecule has 0 bridgehead atoms. The number of aromatic nitrogens is 3. The zero-order valence-corrected chi connectivity index (χ0v) is 11.1. The van der Waals surface area contributed by atoms with E-state index in [1.807, 2.05) is 30.3 Å². The smallest absolute Gasteiger partial charge is 0.0943 e. The molecule has 2 heterocycles. The fraction of sp³-hybridized carbons (Fsp3) is 0. The van der Waals surface area contributed by atoms with Crippen molar-refractivity contribution in [3.8, 4) is 22.5 Å². The third-order valence-electron chi connectivity index (χ3n) is 2.66. The number of aromatic amines is 1. The van der Waals surface area contributed by atoms with Gasteiger partial charge < -0.3 is 0 Å². The van der Waals surface area contributed by atoms with Crippen molar-refractivity contribution in [2.45, 2.75) is 0 Å². The lowest BCUT2D eigenvalue weighted by Gasteiger charge is -1.95. The molecule has 0 unspecified atom stereocenters. The fourth-order valence-electron chi connectivity index (χ4n) is 1.79. The highest BCUT2D eigenvalue weighted by Crippen LogP contribution is 2.24. The molecule has 0 aliphatic carbocycles. The molecule has 0 radical (unpaired) electrons. The lowest BCUT2D eigenvalue weighted by molar-refractivity contribution is 1.10. The summed E-state index contributed by atoms with van der Waals surface area (Å²) in [5, 5.41) is 7.37. The molecule has 2 aromatic heterocycles. The van der Waals surface area contributed by atoms with Gasteiger partial charge in [0.2, 0.25) is 0 Å². The first kappa shape index (κ1) is 11.2. The van der Waals surface area contributed by atoms with Gasteiger partial charge in [-0.05, 0) is 33.6 Å². The van der Waals surface area contributed by atoms with Crippen molar-refractivity contribution >= 4 is 15.9 Å². The maximum atomic E-state index is 4.32. The molecular weight excluding hydrogens is 290 g/mol. The second-order valence-corrected chi connectivity index (χ2v) is 4.84. The minimum Gasteiger partial charge on any atom is -0.277 e. The van der Waals surface area contributed by atoms with E-state index in [1.54, 1.807) is 12.4 Å². The number of nitrogens with one attached hydrogen (secondary N) is 1. The van der Waals surface area contributed by atoms with E-state index in [9.17, 15) is 0 Å². The van der Waals surface area contributed by atoms with E-state index in [0.717, 1.165) is 27.0 Å². The van der Waals surface area contributed by atoms with Gasteiger partial charge in [0.1, 0.15) is 0 Å². The lowest BCUT2D eigenvalue weighted by Crippen LogP contribution is -1.80. The summed E-state index contributed by atoms with van der Waals surface area (Å²) in [5.41, 5.74) is 4.01. The Morgan fingerprint density at radius 2 is 1.78 bits per heavy atom. The molecule has 4 heteroatoms. The molecule has 3 nitrogen and oxygen atoms in total. The molecule has 0 fully saturated rings. The van der Waals surface area contributed by atoms with E-state index in [2.05, 4.69) is 43.2 Å². The summed E-state index contributed by atoms with van der Waals surface area (Å²) in [6.07, 6.45) is 3.56. The van der Waals surface area contributed by atoms with Crippen molar-refractivity contribution in [1.29, 1.82) is 0 Å². The molecule has 1 aromatic carbocycles. The standard InChI is InChI=1S/C14H10BrN3/c15-12-6-11(8-16-9-12)14-7-13(17-18-14)10-4-2-1-3-5-10/h1-9H,(H,17,18). The number of hydrogen-bond donors (Lipinski definition) is 1. The van der Waals surface area contributed by atoms with Gasteiger partial charge >= 0.3 is 0 Å². The maximum absolute atomic E-state index is 4.32. The van der Waals surface area contributed by atoms with E-state index in [4.69, 9.17) is 0 Å². The van der Waals surface area contributed by atoms with Crippen LogP contribution in [0.5, 0.6) is 0 Å². The normalized spacial score (nSPS) is 10.5. The Morgan fingerprint density at radius 3 is 2.56 bits per heavy atom. The summed E-state index contributed by atoms with van der Waals surface area (Å²) in [7, 11) is 0. The highest BCUT2D eigenvalue weighted by Gasteiger charge is 2.06. The predicted molar refractivity (Wildman–Crippen MR) is 75.0 cm³/mol. The van der Waals surface area contributed by atoms with Crippen LogP contribution < -0.4 is 0 Å². The summed E-state index contributed by atoms with van der Waals surface area (Å²) in [6.45, 7) is 0. The van der Waals surface area contributed by atoms with Crippen LogP contribution in [-0.4, -0.2) is 15.2 Å². The van der Waals surface area contributed by atoms with Gasteiger partial charge in [-0.25, -0.2) is 0 Å². The summed E-state index contributed by atoms with van der Waals surface area (Å²) in [6, 6.07) is 14.1. The van der Waals surface area contributed by atoms with Crippen molar-refractivity contribution in [1.82, 2.24) is 15.2 Å². The van der Waals surface area contributed by atoms with Crippen molar-refractivity contribution in [2.75, 3.05) is 0 Å². The van der Waals surface area contributed by atoms with E-state index in [0.29, 0.717) is 0 Å². The fourth-order valence-corrected chi connectivity index (χ4v) is 2.15. The van der Waals surface area contributed by atoms with E-state index >= 15 is 0 Å². The minimum atomic E-state index is 0.891. The second kappa shape index (κ2) is 4.74. The van der Waals surface area contributed by atoms with Crippen LogP contribution in [0.1, 0.15) is 0 Å². The van der Waals surface area contributed by atoms with Crippen LogP contribution >= 0.6 is 15.9 Å². The van der Waals surface area contributed by atoms with Crippen LogP contribution in [-0.2, 0) is 0 Å². The molecule has 0 aliphatic rings. The summed E-state index contributed by atoms with van der Waals surface area (Å²) in [5.74, 6) is 0. The van der Waals surface area contributed by atoms with Gasteiger partial charge in [-0.3, -0.25) is 10.1 Å². The lowest BCUT2D eigenvalue weighted by atomic mass is 10.1. The Bertz CT molecular complexity index is 662. The van der Waals surface area contributed by atoms with E-state index in [1.165, 1.54) is 0 Å². The first-order chi connectivity index (χ1) is 8.83. The number of hydrogen-bond acceptors (Lipinski definition) is 2. The van der Waals surface area contributed by atoms with Gasteiger partial charge in [0.25, 0.3) is 0 Å². The Labute approximate surface area is 113 Å². The van der Waals surface area contributed by atoms with Crippen LogP contribution in [0, 0.1) is 0 Å². The molecule has 3 rings (SSSR count). The highest BCUT2D eigenvalue weighted by molar-refractivity contribution is 9.10. The van der Waals surface area contributed by atoms with Crippen LogP contribution in [0.3, 0.4) is 0 Å². The van der Waals surface area contributed by atoms with Crippen LogP contribution in [0.4, 0.5) is 0 Å². The number of benzene rings is 1. The number of H-pyrrole nitrogens is 1. The van der Waals surface area contributed by atoms with Crippen LogP contribution in [0.2, 0.25) is 0 Å². The van der Waals surface area contributed by atoms with Crippen molar-refractivity contribution in [3.63, 3.8) is 0 Å². The first-order valence-electron chi connectivity index (χ1n) is 5.55. The number of nitrogens with zero attached hydrogens (tertiary/aromatic N) is 2. The Balaban J connectivity index is 2.00. The highest BCUT2D eigenvalue weighted by atomic mass is 79.9. The predicted octanol–water partition coefficient (Wildman–Crippen LogP) is 3.90. The molecular formula is C14H10BrN3. The van der Waals surface area contributed by atoms with Crippen LogP contribution in [0.25, 0.3) is 22.5 Å². The van der Waals surface area contributed by atoms with Crippen molar-refractivity contribution in [3.05, 3.63) is 59.3 Å². The SMILES string of the molecule is Brc1cncc(-c2cc(-c3ccccc3)[nH]n2)c1. The van der Waals surface area contributed by atoms with Crippen molar-refractivity contribution < 1.29 is 0 Å². The Hall–Kier alpha value is -1.94. The number of pyridine rings is 1. The summed E-state index contributed by atoms with van der Waals surface area (Å²) in [4.78, 5) is 4.14. The topological polar surface area (TPSA) is 41.6 Å². The molecule has 1 N–H and O–H groups in total. The zero-order valence-electron chi connectivity index (χ0n) is 9.47. The Kier molecular flexibility index (Phi) is 2.94. The van der Waals surface area contributed by atoms with Gasteiger partial charge in [-0.2, -0.15) is 5.10 Å². The summed E-state index contributed by atoms with van der Waals surface area (Å²) >= 11 is 3.41. The van der Waals surface area contributed by atoms with Gasteiger partial charge in [0.05, 0.1) is 11.4 Å². The average molecular weight is 300 g/mol. The van der Waals surface area contributed by atoms with Gasteiger partial charge in [0.15, 0.2) is 0 Å². The number of halogens is 1. The average Bonchev–Trinajstić information content (AvgIpc) is 2.89. The molecule has 18 heavy (non-hydrogen) atoms. The maximum Gasteiger partial charge on any atom is 0.0943 e. The number of rotatable bonds is 2. The summed E-state index contributed by atoms with van der Waals surface area (Å²) < 4.78 is 0.948. The largest absolute Gasteiger partial charge is 0.277 e. The third-order valence-corrected chi connectivity index (χ3v) is 3.10. The van der Waals surface area contributed by atoms with Gasteiger partial charge in [0, 0.05) is 22.4 Å². The van der Waals surface area contributed by atoms with Crippen molar-refractivity contribution in [2.24, 2.45) is 0 Å². The first-order valence-corrected chi connectivity index (χ1v) is 6.34. The van der Waals surface area contributed by atoms with Gasteiger partial charge in [-0.15, -0.1) is 0 Å². The molecule has 0 saturated carbocycles. The monoisotopic (exact) mass is 299 g/mol. The molecule has 0 amide bonds. The molecule has 0 aliphatic heterocycles. The minimum absolute atomic E-state index is 0.891. The zero-order chi connectivity index (χ0) is 12.4. The van der Waals surface area contributed by atoms with E-state index in [-0.39, 0.29) is 0 Å². The molecule has 0 saturated heterocycles. The second-order valence-electron chi connectivity index (χ2n) is 3.92. The molecule has 3 aromatic rings. The van der Waals surface area contributed by atoms with E-state index < -0.39 is 0 Å². The molecule has 88 valence electrons. The third kappa shape index (κ3) is 2.19. The van der Waals surface area contributed by atoms with Gasteiger partial charge in [-0.1, -0.05) is 30.3 Å². The molecule has 0 spiro atoms.